The molecule has 1 aliphatic rings. The van der Waals surface area contributed by atoms with Crippen molar-refractivity contribution in [2.75, 3.05) is 6.54 Å². The Morgan fingerprint density at radius 1 is 1.50 bits per heavy atom. The molecule has 6 heteroatoms. The first-order valence-electron chi connectivity index (χ1n) is 6.58. The number of rotatable bonds is 5. The number of amides is 2. The Balaban J connectivity index is 2.46. The van der Waals surface area contributed by atoms with Gasteiger partial charge in [0.15, 0.2) is 0 Å². The van der Waals surface area contributed by atoms with Gasteiger partial charge in [-0.25, -0.2) is 4.79 Å². The number of nitrogens with zero attached hydrogens (tertiary/aromatic N) is 2. The monoisotopic (exact) mass is 256 g/mol. The van der Waals surface area contributed by atoms with Crippen molar-refractivity contribution in [2.45, 2.75) is 58.0 Å². The lowest BCUT2D eigenvalue weighted by molar-refractivity contribution is 0.181. The molecule has 1 rings (SSSR count). The maximum absolute atomic E-state index is 12.1. The van der Waals surface area contributed by atoms with Gasteiger partial charge in [-0.2, -0.15) is 0 Å². The molecule has 0 aliphatic heterocycles. The molecule has 18 heavy (non-hydrogen) atoms. The van der Waals surface area contributed by atoms with Crippen LogP contribution < -0.4 is 11.1 Å². The summed E-state index contributed by atoms with van der Waals surface area (Å²) in [4.78, 5) is 13.8. The molecule has 0 radical (unpaired) electrons. The van der Waals surface area contributed by atoms with Gasteiger partial charge in [-0.3, -0.25) is 0 Å². The SMILES string of the molecule is CC(C)N(CCC(N)=NO)C(=O)NC1CCCC1. The highest BCUT2D eigenvalue weighted by atomic mass is 16.4. The van der Waals surface area contributed by atoms with E-state index in [-0.39, 0.29) is 17.9 Å². The van der Waals surface area contributed by atoms with Crippen LogP contribution >= 0.6 is 0 Å². The standard InChI is InChI=1S/C12H24N4O2/c1-9(2)16(8-7-11(13)15-18)12(17)14-10-5-3-4-6-10/h9-10,18H,3-8H2,1-2H3,(H2,13,15)(H,14,17). The minimum atomic E-state index is -0.0531. The Bertz CT molecular complexity index is 298. The highest BCUT2D eigenvalue weighted by molar-refractivity contribution is 5.81. The van der Waals surface area contributed by atoms with Gasteiger partial charge >= 0.3 is 6.03 Å². The van der Waals surface area contributed by atoms with Crippen LogP contribution in [0.4, 0.5) is 4.79 Å². The quantitative estimate of drug-likeness (QED) is 0.301. The van der Waals surface area contributed by atoms with Crippen LogP contribution in [0.2, 0.25) is 0 Å². The first kappa shape index (κ1) is 14.6. The Morgan fingerprint density at radius 2 is 2.11 bits per heavy atom. The molecule has 1 saturated carbocycles. The fraction of sp³-hybridized carbons (Fsp3) is 0.833. The molecule has 0 aromatic rings. The van der Waals surface area contributed by atoms with Crippen LogP contribution in [0, 0.1) is 0 Å². The van der Waals surface area contributed by atoms with Crippen LogP contribution in [-0.2, 0) is 0 Å². The van der Waals surface area contributed by atoms with Gasteiger partial charge in [0, 0.05) is 25.0 Å². The molecule has 1 aliphatic carbocycles. The number of nitrogens with one attached hydrogen (secondary N) is 1. The van der Waals surface area contributed by atoms with E-state index in [2.05, 4.69) is 10.5 Å². The predicted octanol–water partition coefficient (Wildman–Crippen LogP) is 1.49. The second-order valence-electron chi connectivity index (χ2n) is 5.06. The molecule has 0 aromatic heterocycles. The Labute approximate surface area is 108 Å². The van der Waals surface area contributed by atoms with E-state index >= 15 is 0 Å². The van der Waals surface area contributed by atoms with Crippen molar-refractivity contribution >= 4 is 11.9 Å². The summed E-state index contributed by atoms with van der Waals surface area (Å²) < 4.78 is 0. The molecule has 6 nitrogen and oxygen atoms in total. The van der Waals surface area contributed by atoms with E-state index in [9.17, 15) is 4.79 Å². The molecular weight excluding hydrogens is 232 g/mol. The van der Waals surface area contributed by atoms with Crippen molar-refractivity contribution in [3.05, 3.63) is 0 Å². The van der Waals surface area contributed by atoms with Crippen molar-refractivity contribution < 1.29 is 10.0 Å². The van der Waals surface area contributed by atoms with Crippen molar-refractivity contribution in [3.8, 4) is 0 Å². The van der Waals surface area contributed by atoms with Crippen molar-refractivity contribution in [2.24, 2.45) is 10.9 Å². The van der Waals surface area contributed by atoms with Crippen LogP contribution in [0.3, 0.4) is 0 Å². The topological polar surface area (TPSA) is 90.9 Å². The second kappa shape index (κ2) is 7.08. The molecule has 1 fully saturated rings. The maximum Gasteiger partial charge on any atom is 0.317 e. The summed E-state index contributed by atoms with van der Waals surface area (Å²) in [5, 5.41) is 14.5. The molecular formula is C12H24N4O2. The van der Waals surface area contributed by atoms with Gasteiger partial charge in [0.1, 0.15) is 5.84 Å². The van der Waals surface area contributed by atoms with E-state index in [0.717, 1.165) is 12.8 Å². The van der Waals surface area contributed by atoms with Crippen LogP contribution in [0.25, 0.3) is 0 Å². The number of carbonyl (C=O) groups is 1. The van der Waals surface area contributed by atoms with Crippen LogP contribution in [0.1, 0.15) is 46.0 Å². The summed E-state index contributed by atoms with van der Waals surface area (Å²) in [6.45, 7) is 4.38. The van der Waals surface area contributed by atoms with E-state index in [1.54, 1.807) is 4.90 Å². The maximum atomic E-state index is 12.1. The number of amidine groups is 1. The van der Waals surface area contributed by atoms with Crippen molar-refractivity contribution in [1.29, 1.82) is 0 Å². The summed E-state index contributed by atoms with van der Waals surface area (Å²) >= 11 is 0. The third-order valence-corrected chi connectivity index (χ3v) is 3.30. The molecule has 0 bridgehead atoms. The van der Waals surface area contributed by atoms with Gasteiger partial charge in [0.25, 0.3) is 0 Å². The lowest BCUT2D eigenvalue weighted by atomic mass is 10.2. The van der Waals surface area contributed by atoms with Gasteiger partial charge in [-0.15, -0.1) is 0 Å². The summed E-state index contributed by atoms with van der Waals surface area (Å²) in [6.07, 6.45) is 4.90. The number of urea groups is 1. The van der Waals surface area contributed by atoms with Crippen LogP contribution in [0.15, 0.2) is 5.16 Å². The van der Waals surface area contributed by atoms with E-state index in [1.165, 1.54) is 12.8 Å². The van der Waals surface area contributed by atoms with Crippen LogP contribution in [0.5, 0.6) is 0 Å². The van der Waals surface area contributed by atoms with E-state index in [4.69, 9.17) is 10.9 Å². The third kappa shape index (κ3) is 4.43. The molecule has 0 unspecified atom stereocenters. The zero-order valence-corrected chi connectivity index (χ0v) is 11.2. The zero-order valence-electron chi connectivity index (χ0n) is 11.2. The Kier molecular flexibility index (Phi) is 5.74. The second-order valence-corrected chi connectivity index (χ2v) is 5.06. The van der Waals surface area contributed by atoms with Gasteiger partial charge in [-0.1, -0.05) is 18.0 Å². The summed E-state index contributed by atoms with van der Waals surface area (Å²) in [7, 11) is 0. The first-order valence-corrected chi connectivity index (χ1v) is 6.58. The molecule has 0 atom stereocenters. The largest absolute Gasteiger partial charge is 0.409 e. The van der Waals surface area contributed by atoms with Gasteiger partial charge in [0.2, 0.25) is 0 Å². The summed E-state index contributed by atoms with van der Waals surface area (Å²) in [5.74, 6) is 0.148. The smallest absolute Gasteiger partial charge is 0.317 e. The molecule has 0 heterocycles. The van der Waals surface area contributed by atoms with E-state index in [0.29, 0.717) is 19.0 Å². The number of hydrogen-bond acceptors (Lipinski definition) is 3. The minimum absolute atomic E-state index is 0.0531. The highest BCUT2D eigenvalue weighted by Gasteiger charge is 2.22. The summed E-state index contributed by atoms with van der Waals surface area (Å²) in [5.41, 5.74) is 5.43. The van der Waals surface area contributed by atoms with Gasteiger partial charge in [0.05, 0.1) is 0 Å². The molecule has 4 N–H and O–H groups in total. The Morgan fingerprint density at radius 3 is 2.61 bits per heavy atom. The molecule has 0 spiro atoms. The van der Waals surface area contributed by atoms with Crippen molar-refractivity contribution in [3.63, 3.8) is 0 Å². The molecule has 2 amide bonds. The average Bonchev–Trinajstić information content (AvgIpc) is 2.81. The van der Waals surface area contributed by atoms with Crippen molar-refractivity contribution in [1.82, 2.24) is 10.2 Å². The van der Waals surface area contributed by atoms with E-state index < -0.39 is 0 Å². The molecule has 0 saturated heterocycles. The summed E-state index contributed by atoms with van der Waals surface area (Å²) in [6, 6.07) is 0.350. The lowest BCUT2D eigenvalue weighted by Gasteiger charge is -2.28. The molecule has 104 valence electrons. The zero-order chi connectivity index (χ0) is 13.5. The van der Waals surface area contributed by atoms with E-state index in [1.807, 2.05) is 13.8 Å². The average molecular weight is 256 g/mol. The minimum Gasteiger partial charge on any atom is -0.409 e. The number of hydrogen-bond donors (Lipinski definition) is 3. The normalized spacial score (nSPS) is 17.2. The highest BCUT2D eigenvalue weighted by Crippen LogP contribution is 2.18. The first-order chi connectivity index (χ1) is 8.54. The molecule has 0 aromatic carbocycles. The Hall–Kier alpha value is -1.46. The van der Waals surface area contributed by atoms with Crippen LogP contribution in [-0.4, -0.2) is 40.6 Å². The number of oxime groups is 1. The predicted molar refractivity (Wildman–Crippen MR) is 70.7 cm³/mol. The third-order valence-electron chi connectivity index (χ3n) is 3.30. The number of nitrogens with two attached hydrogens (primary N) is 1. The van der Waals surface area contributed by atoms with Gasteiger partial charge < -0.3 is 21.2 Å². The lowest BCUT2D eigenvalue weighted by Crippen LogP contribution is -2.48. The number of carbonyl (C=O) groups excluding carboxylic acids is 1. The fourth-order valence-electron chi connectivity index (χ4n) is 2.21. The van der Waals surface area contributed by atoms with Gasteiger partial charge in [-0.05, 0) is 26.7 Å². The fourth-order valence-corrected chi connectivity index (χ4v) is 2.21.